The maximum absolute atomic E-state index is 11.7. The molecular formula is C30H48O3. The van der Waals surface area contributed by atoms with Crippen molar-refractivity contribution in [2.45, 2.75) is 112 Å². The van der Waals surface area contributed by atoms with E-state index < -0.39 is 11.5 Å². The Balaban J connectivity index is 1.68. The number of rotatable bonds is 1. The van der Waals surface area contributed by atoms with Crippen LogP contribution in [0.2, 0.25) is 0 Å². The standard InChI is InChI=1S/C30H48O3/c1-25(2)14-15-30(18-31)20(16-25)19-8-9-22-27(5)12-11-23(32)26(3,4)21(27)10-13-28(22,6)29(19,7)17-24(30)33/h8-9,21-24,31-33H,10-18H2,1-7H3/t21-,22+,23-,24-,27-,28+,29+,30+/m0/s1. The van der Waals surface area contributed by atoms with Crippen LogP contribution in [0.15, 0.2) is 23.3 Å². The zero-order valence-electron chi connectivity index (χ0n) is 22.2. The minimum absolute atomic E-state index is 0.0546. The molecule has 0 heterocycles. The van der Waals surface area contributed by atoms with E-state index in [1.165, 1.54) is 11.1 Å². The average molecular weight is 457 g/mol. The first-order chi connectivity index (χ1) is 15.2. The molecule has 3 saturated carbocycles. The average Bonchev–Trinajstić information content (AvgIpc) is 2.71. The molecule has 0 bridgehead atoms. The third kappa shape index (κ3) is 2.85. The first-order valence-electron chi connectivity index (χ1n) is 13.6. The minimum Gasteiger partial charge on any atom is -0.395 e. The maximum atomic E-state index is 11.7. The number of aliphatic hydroxyl groups excluding tert-OH is 3. The Bertz CT molecular complexity index is 898. The third-order valence-corrected chi connectivity index (χ3v) is 12.5. The van der Waals surface area contributed by atoms with E-state index in [4.69, 9.17) is 0 Å². The molecule has 0 spiro atoms. The Kier molecular flexibility index (Phi) is 5.09. The summed E-state index contributed by atoms with van der Waals surface area (Å²) in [6.07, 6.45) is 12.2. The van der Waals surface area contributed by atoms with Crippen molar-refractivity contribution < 1.29 is 15.3 Å². The topological polar surface area (TPSA) is 60.7 Å². The highest BCUT2D eigenvalue weighted by molar-refractivity contribution is 5.47. The van der Waals surface area contributed by atoms with E-state index in [1.54, 1.807) is 0 Å². The molecule has 0 aromatic rings. The van der Waals surface area contributed by atoms with Crippen molar-refractivity contribution in [3.05, 3.63) is 23.3 Å². The van der Waals surface area contributed by atoms with Crippen LogP contribution in [0.1, 0.15) is 99.8 Å². The second-order valence-electron chi connectivity index (χ2n) is 14.8. The van der Waals surface area contributed by atoms with Crippen LogP contribution in [0, 0.1) is 44.3 Å². The Morgan fingerprint density at radius 1 is 0.879 bits per heavy atom. The molecule has 3 nitrogen and oxygen atoms in total. The van der Waals surface area contributed by atoms with E-state index in [2.05, 4.69) is 60.6 Å². The van der Waals surface area contributed by atoms with Crippen LogP contribution in [-0.2, 0) is 0 Å². The quantitative estimate of drug-likeness (QED) is 0.451. The summed E-state index contributed by atoms with van der Waals surface area (Å²) in [7, 11) is 0. The molecule has 186 valence electrons. The molecule has 0 saturated heterocycles. The van der Waals surface area contributed by atoms with Crippen LogP contribution in [0.4, 0.5) is 0 Å². The lowest BCUT2D eigenvalue weighted by Crippen LogP contribution is -2.64. The highest BCUT2D eigenvalue weighted by atomic mass is 16.3. The number of hydrogen-bond donors (Lipinski definition) is 3. The molecule has 0 unspecified atom stereocenters. The van der Waals surface area contributed by atoms with E-state index in [-0.39, 0.29) is 39.8 Å². The lowest BCUT2D eigenvalue weighted by molar-refractivity contribution is -0.189. The number of aliphatic hydroxyl groups is 3. The highest BCUT2D eigenvalue weighted by Crippen LogP contribution is 2.74. The molecule has 5 aliphatic rings. The van der Waals surface area contributed by atoms with Gasteiger partial charge >= 0.3 is 0 Å². The van der Waals surface area contributed by atoms with Crippen molar-refractivity contribution >= 4 is 0 Å². The Morgan fingerprint density at radius 2 is 1.58 bits per heavy atom. The highest BCUT2D eigenvalue weighted by Gasteiger charge is 2.67. The zero-order valence-corrected chi connectivity index (χ0v) is 22.2. The van der Waals surface area contributed by atoms with Crippen LogP contribution < -0.4 is 0 Å². The zero-order chi connectivity index (χ0) is 24.2. The summed E-state index contributed by atoms with van der Waals surface area (Å²) in [5.41, 5.74) is 2.60. The Hall–Kier alpha value is -0.640. The van der Waals surface area contributed by atoms with Gasteiger partial charge in [0.1, 0.15) is 0 Å². The van der Waals surface area contributed by atoms with Gasteiger partial charge in [-0.15, -0.1) is 0 Å². The van der Waals surface area contributed by atoms with Gasteiger partial charge < -0.3 is 15.3 Å². The second-order valence-corrected chi connectivity index (χ2v) is 14.8. The van der Waals surface area contributed by atoms with Crippen LogP contribution in [-0.4, -0.2) is 34.1 Å². The number of fused-ring (bicyclic) bond motifs is 6. The molecule has 0 aromatic carbocycles. The molecule has 0 radical (unpaired) electrons. The van der Waals surface area contributed by atoms with Gasteiger partial charge in [0.15, 0.2) is 0 Å². The van der Waals surface area contributed by atoms with Gasteiger partial charge in [-0.05, 0) is 90.4 Å². The first kappa shape index (κ1) is 24.1. The van der Waals surface area contributed by atoms with Crippen LogP contribution >= 0.6 is 0 Å². The molecule has 33 heavy (non-hydrogen) atoms. The molecule has 0 aliphatic heterocycles. The fourth-order valence-corrected chi connectivity index (χ4v) is 10.0. The van der Waals surface area contributed by atoms with Crippen molar-refractivity contribution in [1.82, 2.24) is 0 Å². The monoisotopic (exact) mass is 456 g/mol. The lowest BCUT2D eigenvalue weighted by Gasteiger charge is -2.70. The van der Waals surface area contributed by atoms with Crippen molar-refractivity contribution in [2.75, 3.05) is 6.61 Å². The van der Waals surface area contributed by atoms with Crippen molar-refractivity contribution in [3.8, 4) is 0 Å². The van der Waals surface area contributed by atoms with Crippen LogP contribution in [0.25, 0.3) is 0 Å². The van der Waals surface area contributed by atoms with Gasteiger partial charge in [-0.1, -0.05) is 66.2 Å². The van der Waals surface area contributed by atoms with Gasteiger partial charge in [0, 0.05) is 10.8 Å². The van der Waals surface area contributed by atoms with E-state index in [0.717, 1.165) is 51.4 Å². The van der Waals surface area contributed by atoms with E-state index in [1.807, 2.05) is 0 Å². The molecule has 5 aliphatic carbocycles. The predicted octanol–water partition coefficient (Wildman–Crippen LogP) is 6.03. The van der Waals surface area contributed by atoms with E-state index >= 15 is 0 Å². The minimum atomic E-state index is -0.485. The summed E-state index contributed by atoms with van der Waals surface area (Å²) in [5.74, 6) is 0.947. The molecule has 5 rings (SSSR count). The van der Waals surface area contributed by atoms with E-state index in [9.17, 15) is 15.3 Å². The van der Waals surface area contributed by atoms with Gasteiger partial charge in [-0.3, -0.25) is 0 Å². The van der Waals surface area contributed by atoms with Crippen LogP contribution in [0.5, 0.6) is 0 Å². The molecule has 3 N–H and O–H groups in total. The molecule has 0 aromatic heterocycles. The first-order valence-corrected chi connectivity index (χ1v) is 13.6. The molecule has 8 atom stereocenters. The number of allylic oxidation sites excluding steroid dienone is 3. The van der Waals surface area contributed by atoms with Gasteiger partial charge in [0.25, 0.3) is 0 Å². The largest absolute Gasteiger partial charge is 0.395 e. The van der Waals surface area contributed by atoms with Crippen molar-refractivity contribution in [2.24, 2.45) is 44.3 Å². The van der Waals surface area contributed by atoms with Crippen molar-refractivity contribution in [3.63, 3.8) is 0 Å². The maximum Gasteiger partial charge on any atom is 0.0664 e. The summed E-state index contributed by atoms with van der Waals surface area (Å²) >= 11 is 0. The summed E-state index contributed by atoms with van der Waals surface area (Å²) in [5, 5.41) is 33.2. The molecule has 3 heteroatoms. The van der Waals surface area contributed by atoms with Gasteiger partial charge in [0.05, 0.1) is 18.8 Å². The summed E-state index contributed by atoms with van der Waals surface area (Å²) in [4.78, 5) is 0. The fourth-order valence-electron chi connectivity index (χ4n) is 10.0. The van der Waals surface area contributed by atoms with Gasteiger partial charge in [-0.25, -0.2) is 0 Å². The summed E-state index contributed by atoms with van der Waals surface area (Å²) < 4.78 is 0. The normalized spacial score (nSPS) is 52.4. The number of hydrogen-bond acceptors (Lipinski definition) is 3. The molecule has 0 amide bonds. The fraction of sp³-hybridized carbons (Fsp3) is 0.867. The third-order valence-electron chi connectivity index (χ3n) is 12.5. The summed E-state index contributed by atoms with van der Waals surface area (Å²) in [6.45, 7) is 16.8. The lowest BCUT2D eigenvalue weighted by atomic mass is 9.35. The summed E-state index contributed by atoms with van der Waals surface area (Å²) in [6, 6.07) is 0. The van der Waals surface area contributed by atoms with Crippen molar-refractivity contribution in [1.29, 1.82) is 0 Å². The van der Waals surface area contributed by atoms with E-state index in [0.29, 0.717) is 11.8 Å². The smallest absolute Gasteiger partial charge is 0.0664 e. The van der Waals surface area contributed by atoms with Crippen LogP contribution in [0.3, 0.4) is 0 Å². The SMILES string of the molecule is CC1(C)CC[C@@]2(CO)C(=C3C=C[C@@H]4[C@@]5(C)CC[C@H](O)C(C)(C)[C@@H]5CC[C@@]4(C)[C@]3(C)C[C@@H]2O)C1. The molecular weight excluding hydrogens is 408 g/mol. The Morgan fingerprint density at radius 3 is 2.24 bits per heavy atom. The van der Waals surface area contributed by atoms with Gasteiger partial charge in [0.2, 0.25) is 0 Å². The molecule has 3 fully saturated rings. The predicted molar refractivity (Wildman–Crippen MR) is 133 cm³/mol. The van der Waals surface area contributed by atoms with Gasteiger partial charge in [-0.2, -0.15) is 0 Å². The second kappa shape index (κ2) is 6.98. The Labute approximate surface area is 201 Å².